The van der Waals surface area contributed by atoms with Gasteiger partial charge in [0.25, 0.3) is 0 Å². The molecule has 0 radical (unpaired) electrons. The molecule has 5 heteroatoms. The summed E-state index contributed by atoms with van der Waals surface area (Å²) in [4.78, 5) is 30.8. The van der Waals surface area contributed by atoms with E-state index in [0.29, 0.717) is 17.9 Å². The van der Waals surface area contributed by atoms with E-state index in [1.807, 2.05) is 22.7 Å². The van der Waals surface area contributed by atoms with Crippen molar-refractivity contribution in [1.82, 2.24) is 9.80 Å². The Morgan fingerprint density at radius 2 is 1.81 bits per heavy atom. The van der Waals surface area contributed by atoms with Crippen molar-refractivity contribution in [2.75, 3.05) is 18.2 Å². The summed E-state index contributed by atoms with van der Waals surface area (Å²) in [5, 5.41) is 0. The predicted octanol–water partition coefficient (Wildman–Crippen LogP) is 3.48. The quantitative estimate of drug-likeness (QED) is 0.801. The molecule has 2 saturated carbocycles. The van der Waals surface area contributed by atoms with Crippen LogP contribution in [-0.4, -0.2) is 51.9 Å². The number of benzene rings is 1. The lowest BCUT2D eigenvalue weighted by Crippen LogP contribution is -2.50. The number of hydrogen-bond acceptors (Lipinski definition) is 3. The van der Waals surface area contributed by atoms with E-state index in [1.165, 1.54) is 24.8 Å². The predicted molar refractivity (Wildman–Crippen MR) is 107 cm³/mol. The second-order valence-corrected chi connectivity index (χ2v) is 9.68. The highest BCUT2D eigenvalue weighted by Crippen LogP contribution is 2.51. The van der Waals surface area contributed by atoms with E-state index in [4.69, 9.17) is 0 Å². The Hall–Kier alpha value is -1.49. The largest absolute Gasteiger partial charge is 0.331 e. The molecular weight excluding hydrogens is 356 g/mol. The Kier molecular flexibility index (Phi) is 4.66. The van der Waals surface area contributed by atoms with Crippen molar-refractivity contribution in [3.8, 4) is 0 Å². The summed E-state index contributed by atoms with van der Waals surface area (Å²) in [5.74, 6) is 3.24. The fraction of sp³-hybridized carbons (Fsp3) is 0.636. The van der Waals surface area contributed by atoms with Gasteiger partial charge in [-0.2, -0.15) is 0 Å². The third-order valence-corrected chi connectivity index (χ3v) is 7.99. The smallest absolute Gasteiger partial charge is 0.246 e. The first kappa shape index (κ1) is 17.6. The molecule has 5 atom stereocenters. The van der Waals surface area contributed by atoms with Crippen molar-refractivity contribution in [1.29, 1.82) is 0 Å². The summed E-state index contributed by atoms with van der Waals surface area (Å²) >= 11 is 1.82. The molecule has 27 heavy (non-hydrogen) atoms. The van der Waals surface area contributed by atoms with Crippen LogP contribution in [0.3, 0.4) is 0 Å². The van der Waals surface area contributed by atoms with Crippen LogP contribution in [0, 0.1) is 11.8 Å². The summed E-state index contributed by atoms with van der Waals surface area (Å²) in [6, 6.07) is 10.5. The topological polar surface area (TPSA) is 40.6 Å². The molecule has 144 valence electrons. The minimum Gasteiger partial charge on any atom is -0.331 e. The zero-order valence-corrected chi connectivity index (χ0v) is 16.6. The van der Waals surface area contributed by atoms with Gasteiger partial charge in [-0.05, 0) is 43.1 Å². The van der Waals surface area contributed by atoms with Crippen LogP contribution in [0.25, 0.3) is 0 Å². The molecule has 4 nitrogen and oxygen atoms in total. The molecule has 2 amide bonds. The van der Waals surface area contributed by atoms with E-state index in [1.54, 1.807) is 0 Å². The van der Waals surface area contributed by atoms with E-state index in [-0.39, 0.29) is 23.8 Å². The number of carbonyl (C=O) groups excluding carboxylic acids is 2. The van der Waals surface area contributed by atoms with Crippen LogP contribution in [0.1, 0.15) is 50.0 Å². The Balaban J connectivity index is 1.37. The van der Waals surface area contributed by atoms with Gasteiger partial charge >= 0.3 is 0 Å². The van der Waals surface area contributed by atoms with E-state index in [0.717, 1.165) is 37.4 Å². The fourth-order valence-corrected chi connectivity index (χ4v) is 6.48. The highest BCUT2D eigenvalue weighted by atomic mass is 32.2. The molecule has 2 aliphatic heterocycles. The monoisotopic (exact) mass is 384 g/mol. The maximum Gasteiger partial charge on any atom is 0.246 e. The fourth-order valence-electron chi connectivity index (χ4n) is 5.52. The first-order chi connectivity index (χ1) is 13.2. The lowest BCUT2D eigenvalue weighted by atomic mass is 9.84. The molecule has 0 bridgehead atoms. The standard InChI is InChI=1S/C22H28N2O2S/c25-21(18-13-17(18)15-6-2-1-3-7-15)24-19-9-5-4-8-16(19)12-20(24)22(26)23-10-11-27-14-23/h1-3,6-7,16-20H,4-5,8-14H2/t16-,17+,18+,19-,20-/m0/s1. The zero-order valence-electron chi connectivity index (χ0n) is 15.8. The zero-order chi connectivity index (χ0) is 18.4. The van der Waals surface area contributed by atoms with Gasteiger partial charge in [0.2, 0.25) is 11.8 Å². The van der Waals surface area contributed by atoms with Gasteiger partial charge in [-0.1, -0.05) is 43.2 Å². The van der Waals surface area contributed by atoms with Crippen LogP contribution >= 0.6 is 11.8 Å². The Morgan fingerprint density at radius 1 is 1.00 bits per heavy atom. The third-order valence-electron chi connectivity index (χ3n) is 7.03. The van der Waals surface area contributed by atoms with Crippen molar-refractivity contribution in [2.24, 2.45) is 11.8 Å². The molecule has 2 heterocycles. The minimum absolute atomic E-state index is 0.0799. The lowest BCUT2D eigenvalue weighted by molar-refractivity contribution is -0.145. The van der Waals surface area contributed by atoms with Crippen molar-refractivity contribution < 1.29 is 9.59 Å². The summed E-state index contributed by atoms with van der Waals surface area (Å²) in [7, 11) is 0. The lowest BCUT2D eigenvalue weighted by Gasteiger charge is -2.34. The van der Waals surface area contributed by atoms with Gasteiger partial charge in [0.05, 0.1) is 5.88 Å². The first-order valence-electron chi connectivity index (χ1n) is 10.5. The Labute approximate surface area is 165 Å². The highest BCUT2D eigenvalue weighted by Gasteiger charge is 2.54. The third kappa shape index (κ3) is 3.18. The van der Waals surface area contributed by atoms with Crippen molar-refractivity contribution in [3.05, 3.63) is 35.9 Å². The molecule has 5 rings (SSSR count). The van der Waals surface area contributed by atoms with Crippen LogP contribution in [0.4, 0.5) is 0 Å². The van der Waals surface area contributed by atoms with Gasteiger partial charge in [-0.25, -0.2) is 0 Å². The molecule has 0 spiro atoms. The van der Waals surface area contributed by atoms with Crippen molar-refractivity contribution in [3.63, 3.8) is 0 Å². The number of likely N-dealkylation sites (tertiary alicyclic amines) is 1. The van der Waals surface area contributed by atoms with Gasteiger partial charge in [-0.3, -0.25) is 9.59 Å². The Bertz CT molecular complexity index is 718. The van der Waals surface area contributed by atoms with Gasteiger partial charge < -0.3 is 9.80 Å². The number of amides is 2. The molecule has 4 aliphatic rings. The molecule has 1 aromatic carbocycles. The summed E-state index contributed by atoms with van der Waals surface area (Å²) in [5.41, 5.74) is 1.27. The molecule has 0 N–H and O–H groups in total. The second-order valence-electron chi connectivity index (χ2n) is 8.61. The van der Waals surface area contributed by atoms with Crippen LogP contribution in [-0.2, 0) is 9.59 Å². The average molecular weight is 385 g/mol. The SMILES string of the molecule is O=C([C@@H]1C[C@@H]2CCCC[C@@H]2N1C(=O)[C@@H]1C[C@@H]1c1ccccc1)N1CCSC1. The molecule has 0 unspecified atom stereocenters. The highest BCUT2D eigenvalue weighted by molar-refractivity contribution is 7.99. The van der Waals surface area contributed by atoms with Crippen molar-refractivity contribution in [2.45, 2.75) is 56.5 Å². The van der Waals surface area contributed by atoms with Crippen LogP contribution in [0.15, 0.2) is 30.3 Å². The number of hydrogen-bond donors (Lipinski definition) is 0. The van der Waals surface area contributed by atoms with E-state index < -0.39 is 0 Å². The first-order valence-corrected chi connectivity index (χ1v) is 11.6. The van der Waals surface area contributed by atoms with E-state index in [2.05, 4.69) is 29.2 Å². The maximum absolute atomic E-state index is 13.5. The summed E-state index contributed by atoms with van der Waals surface area (Å²) in [6.45, 7) is 0.841. The minimum atomic E-state index is -0.207. The molecule has 2 aliphatic carbocycles. The van der Waals surface area contributed by atoms with Gasteiger partial charge in [-0.15, -0.1) is 11.8 Å². The number of carbonyl (C=O) groups is 2. The Morgan fingerprint density at radius 3 is 2.59 bits per heavy atom. The number of fused-ring (bicyclic) bond motifs is 1. The average Bonchev–Trinajstić information content (AvgIpc) is 3.14. The van der Waals surface area contributed by atoms with Gasteiger partial charge in [0, 0.05) is 24.3 Å². The second kappa shape index (κ2) is 7.16. The molecule has 1 aromatic rings. The summed E-state index contributed by atoms with van der Waals surface area (Å²) in [6.07, 6.45) is 6.53. The van der Waals surface area contributed by atoms with Gasteiger partial charge in [0.1, 0.15) is 6.04 Å². The van der Waals surface area contributed by atoms with E-state index >= 15 is 0 Å². The number of rotatable bonds is 3. The van der Waals surface area contributed by atoms with Crippen LogP contribution in [0.2, 0.25) is 0 Å². The molecule has 0 aromatic heterocycles. The normalized spacial score (nSPS) is 35.2. The van der Waals surface area contributed by atoms with Crippen molar-refractivity contribution >= 4 is 23.6 Å². The number of thioether (sulfide) groups is 1. The van der Waals surface area contributed by atoms with Crippen LogP contribution in [0.5, 0.6) is 0 Å². The molecular formula is C22H28N2O2S. The molecule has 4 fully saturated rings. The van der Waals surface area contributed by atoms with E-state index in [9.17, 15) is 9.59 Å². The number of nitrogens with zero attached hydrogens (tertiary/aromatic N) is 2. The van der Waals surface area contributed by atoms with Crippen LogP contribution < -0.4 is 0 Å². The summed E-state index contributed by atoms with van der Waals surface area (Å²) < 4.78 is 0. The van der Waals surface area contributed by atoms with Gasteiger partial charge in [0.15, 0.2) is 0 Å². The molecule has 2 saturated heterocycles. The maximum atomic E-state index is 13.5.